The molecule has 0 radical (unpaired) electrons. The summed E-state index contributed by atoms with van der Waals surface area (Å²) in [6, 6.07) is 3.93. The minimum absolute atomic E-state index is 0.432. The molecular weight excluding hydrogens is 226 g/mol. The van der Waals surface area contributed by atoms with Crippen LogP contribution in [0.2, 0.25) is 0 Å². The van der Waals surface area contributed by atoms with Gasteiger partial charge in [0.15, 0.2) is 5.96 Å². The number of hydrogen-bond donors (Lipinski definition) is 2. The summed E-state index contributed by atoms with van der Waals surface area (Å²) in [5.74, 6) is 1.34. The zero-order valence-electron chi connectivity index (χ0n) is 11.3. The first-order chi connectivity index (χ1) is 8.49. The number of pyridine rings is 1. The van der Waals surface area contributed by atoms with Crippen molar-refractivity contribution in [1.29, 1.82) is 0 Å². The van der Waals surface area contributed by atoms with Gasteiger partial charge >= 0.3 is 0 Å². The van der Waals surface area contributed by atoms with Crippen molar-refractivity contribution in [2.75, 3.05) is 25.5 Å². The zero-order valence-corrected chi connectivity index (χ0v) is 11.3. The quantitative estimate of drug-likeness (QED) is 0.465. The van der Waals surface area contributed by atoms with E-state index in [0.717, 1.165) is 17.0 Å². The second kappa shape index (κ2) is 6.64. The predicted octanol–water partition coefficient (Wildman–Crippen LogP) is 1.13. The molecule has 5 nitrogen and oxygen atoms in total. The highest BCUT2D eigenvalue weighted by Gasteiger charge is 1.99. The molecule has 1 rings (SSSR count). The molecule has 1 heterocycles. The highest BCUT2D eigenvalue weighted by molar-refractivity contribution is 5.78. The number of aromatic nitrogens is 1. The summed E-state index contributed by atoms with van der Waals surface area (Å²) in [4.78, 5) is 10.5. The van der Waals surface area contributed by atoms with E-state index in [1.165, 1.54) is 0 Å². The van der Waals surface area contributed by atoms with Crippen LogP contribution in [0.15, 0.2) is 35.5 Å². The van der Waals surface area contributed by atoms with Crippen molar-refractivity contribution in [2.45, 2.75) is 13.5 Å². The van der Waals surface area contributed by atoms with E-state index >= 15 is 0 Å². The van der Waals surface area contributed by atoms with Crippen LogP contribution < -0.4 is 16.0 Å². The van der Waals surface area contributed by atoms with Crippen molar-refractivity contribution < 1.29 is 0 Å². The minimum atomic E-state index is 0.432. The van der Waals surface area contributed by atoms with E-state index in [0.29, 0.717) is 19.0 Å². The van der Waals surface area contributed by atoms with Gasteiger partial charge in [-0.2, -0.15) is 0 Å². The third-order valence-corrected chi connectivity index (χ3v) is 2.27. The van der Waals surface area contributed by atoms with Gasteiger partial charge in [0.1, 0.15) is 5.82 Å². The van der Waals surface area contributed by atoms with Crippen molar-refractivity contribution in [1.82, 2.24) is 10.3 Å². The van der Waals surface area contributed by atoms with Crippen molar-refractivity contribution in [3.8, 4) is 0 Å². The Morgan fingerprint density at radius 1 is 1.56 bits per heavy atom. The topological polar surface area (TPSA) is 66.5 Å². The molecule has 0 aliphatic rings. The van der Waals surface area contributed by atoms with Gasteiger partial charge in [-0.3, -0.25) is 0 Å². The Labute approximate surface area is 108 Å². The van der Waals surface area contributed by atoms with Crippen LogP contribution in [0.4, 0.5) is 5.82 Å². The summed E-state index contributed by atoms with van der Waals surface area (Å²) in [6.07, 6.45) is 1.78. The van der Waals surface area contributed by atoms with E-state index in [2.05, 4.69) is 21.9 Å². The monoisotopic (exact) mass is 247 g/mol. The van der Waals surface area contributed by atoms with Crippen LogP contribution in [-0.2, 0) is 6.54 Å². The molecule has 0 aliphatic carbocycles. The summed E-state index contributed by atoms with van der Waals surface area (Å²) < 4.78 is 0. The number of hydrogen-bond acceptors (Lipinski definition) is 3. The molecule has 0 bridgehead atoms. The molecular formula is C13H21N5. The maximum absolute atomic E-state index is 5.74. The second-order valence-electron chi connectivity index (χ2n) is 4.43. The number of nitrogens with one attached hydrogen (secondary N) is 1. The van der Waals surface area contributed by atoms with Gasteiger partial charge in [-0.25, -0.2) is 9.98 Å². The molecule has 0 atom stereocenters. The van der Waals surface area contributed by atoms with Gasteiger partial charge in [0, 0.05) is 26.8 Å². The molecule has 1 aromatic rings. The van der Waals surface area contributed by atoms with E-state index in [-0.39, 0.29) is 0 Å². The summed E-state index contributed by atoms with van der Waals surface area (Å²) >= 11 is 0. The molecule has 0 aliphatic heterocycles. The van der Waals surface area contributed by atoms with E-state index in [9.17, 15) is 0 Å². The fourth-order valence-electron chi connectivity index (χ4n) is 1.28. The van der Waals surface area contributed by atoms with Crippen LogP contribution in [0.25, 0.3) is 0 Å². The van der Waals surface area contributed by atoms with Gasteiger partial charge in [0.05, 0.1) is 6.54 Å². The maximum atomic E-state index is 5.74. The molecule has 1 aromatic heterocycles. The van der Waals surface area contributed by atoms with Gasteiger partial charge in [0.2, 0.25) is 0 Å². The number of rotatable bonds is 5. The van der Waals surface area contributed by atoms with Crippen LogP contribution in [0, 0.1) is 0 Å². The van der Waals surface area contributed by atoms with E-state index in [1.807, 2.05) is 38.1 Å². The number of nitrogens with two attached hydrogens (primary N) is 1. The first kappa shape index (κ1) is 14.0. The first-order valence-electron chi connectivity index (χ1n) is 5.79. The van der Waals surface area contributed by atoms with E-state index < -0.39 is 0 Å². The average molecular weight is 247 g/mol. The van der Waals surface area contributed by atoms with Gasteiger partial charge in [-0.05, 0) is 24.6 Å². The standard InChI is InChI=1S/C13H21N5/c1-10(2)8-16-13(14)17-9-11-5-6-15-12(7-11)18(3)4/h5-7H,1,8-9H2,2-4H3,(H3,14,16,17). The fourth-order valence-corrected chi connectivity index (χ4v) is 1.28. The predicted molar refractivity (Wildman–Crippen MR) is 76.7 cm³/mol. The highest BCUT2D eigenvalue weighted by Crippen LogP contribution is 2.10. The van der Waals surface area contributed by atoms with Crippen LogP contribution >= 0.6 is 0 Å². The Morgan fingerprint density at radius 2 is 2.28 bits per heavy atom. The molecule has 0 saturated heterocycles. The Balaban J connectivity index is 2.59. The average Bonchev–Trinajstić information content (AvgIpc) is 2.34. The lowest BCUT2D eigenvalue weighted by Crippen LogP contribution is -2.32. The minimum Gasteiger partial charge on any atom is -0.370 e. The molecule has 0 unspecified atom stereocenters. The Hall–Kier alpha value is -2.04. The number of aliphatic imine (C=N–C) groups is 1. The largest absolute Gasteiger partial charge is 0.370 e. The fraction of sp³-hybridized carbons (Fsp3) is 0.385. The Bertz CT molecular complexity index is 437. The molecule has 0 spiro atoms. The number of anilines is 1. The van der Waals surface area contributed by atoms with Gasteiger partial charge in [0.25, 0.3) is 0 Å². The lowest BCUT2D eigenvalue weighted by atomic mass is 10.2. The summed E-state index contributed by atoms with van der Waals surface area (Å²) in [7, 11) is 3.91. The molecule has 0 aromatic carbocycles. The summed E-state index contributed by atoms with van der Waals surface area (Å²) in [5.41, 5.74) is 7.84. The molecule has 3 N–H and O–H groups in total. The van der Waals surface area contributed by atoms with Crippen LogP contribution in [0.5, 0.6) is 0 Å². The number of nitrogens with zero attached hydrogens (tertiary/aromatic N) is 3. The van der Waals surface area contributed by atoms with Crippen molar-refractivity contribution in [3.63, 3.8) is 0 Å². The lowest BCUT2D eigenvalue weighted by Gasteiger charge is -2.11. The van der Waals surface area contributed by atoms with Gasteiger partial charge in [-0.15, -0.1) is 0 Å². The van der Waals surface area contributed by atoms with Gasteiger partial charge < -0.3 is 16.0 Å². The second-order valence-corrected chi connectivity index (χ2v) is 4.43. The molecule has 18 heavy (non-hydrogen) atoms. The van der Waals surface area contributed by atoms with Gasteiger partial charge in [-0.1, -0.05) is 12.2 Å². The van der Waals surface area contributed by atoms with Crippen LogP contribution in [-0.4, -0.2) is 31.6 Å². The van der Waals surface area contributed by atoms with Crippen molar-refractivity contribution in [2.24, 2.45) is 10.7 Å². The van der Waals surface area contributed by atoms with Crippen LogP contribution in [0.1, 0.15) is 12.5 Å². The Kier molecular flexibility index (Phi) is 5.17. The Morgan fingerprint density at radius 3 is 2.89 bits per heavy atom. The van der Waals surface area contributed by atoms with E-state index in [4.69, 9.17) is 5.73 Å². The van der Waals surface area contributed by atoms with E-state index in [1.54, 1.807) is 6.20 Å². The summed E-state index contributed by atoms with van der Waals surface area (Å²) in [6.45, 7) is 6.91. The smallest absolute Gasteiger partial charge is 0.189 e. The third kappa shape index (κ3) is 4.86. The van der Waals surface area contributed by atoms with Crippen molar-refractivity contribution in [3.05, 3.63) is 36.0 Å². The highest BCUT2D eigenvalue weighted by atomic mass is 15.1. The zero-order chi connectivity index (χ0) is 13.5. The molecule has 98 valence electrons. The molecule has 0 saturated carbocycles. The third-order valence-electron chi connectivity index (χ3n) is 2.27. The van der Waals surface area contributed by atoms with Crippen LogP contribution in [0.3, 0.4) is 0 Å². The molecule has 5 heteroatoms. The summed E-state index contributed by atoms with van der Waals surface area (Å²) in [5, 5.41) is 2.99. The maximum Gasteiger partial charge on any atom is 0.189 e. The lowest BCUT2D eigenvalue weighted by molar-refractivity contribution is 0.937. The number of guanidine groups is 1. The molecule has 0 amide bonds. The normalized spacial score (nSPS) is 11.2. The SMILES string of the molecule is C=C(C)CNC(N)=NCc1ccnc(N(C)C)c1. The van der Waals surface area contributed by atoms with Crippen molar-refractivity contribution >= 4 is 11.8 Å². The first-order valence-corrected chi connectivity index (χ1v) is 5.79. The molecule has 0 fully saturated rings.